The van der Waals surface area contributed by atoms with Crippen LogP contribution in [0.3, 0.4) is 0 Å². The molecular formula is C24H23ClF2N4O5S. The van der Waals surface area contributed by atoms with E-state index in [9.17, 15) is 22.3 Å². The highest BCUT2D eigenvalue weighted by Crippen LogP contribution is 2.27. The Labute approximate surface area is 216 Å². The van der Waals surface area contributed by atoms with Gasteiger partial charge in [-0.2, -0.15) is 8.78 Å². The molecule has 0 saturated heterocycles. The van der Waals surface area contributed by atoms with Crippen molar-refractivity contribution in [2.45, 2.75) is 17.6 Å². The van der Waals surface area contributed by atoms with Crippen LogP contribution in [0.5, 0.6) is 11.6 Å². The van der Waals surface area contributed by atoms with Crippen molar-refractivity contribution >= 4 is 38.2 Å². The van der Waals surface area contributed by atoms with Gasteiger partial charge < -0.3 is 19.9 Å². The maximum absolute atomic E-state index is 12.6. The van der Waals surface area contributed by atoms with Gasteiger partial charge in [-0.05, 0) is 48.0 Å². The van der Waals surface area contributed by atoms with E-state index in [1.165, 1.54) is 12.1 Å². The molecule has 0 unspecified atom stereocenters. The smallest absolute Gasteiger partial charge is 0.388 e. The lowest BCUT2D eigenvalue weighted by molar-refractivity contribution is -0.0518. The van der Waals surface area contributed by atoms with Crippen molar-refractivity contribution in [1.29, 1.82) is 0 Å². The van der Waals surface area contributed by atoms with E-state index < -0.39 is 22.7 Å². The second kappa shape index (κ2) is 11.7. The molecule has 1 heterocycles. The number of alkyl halides is 2. The van der Waals surface area contributed by atoms with E-state index in [0.717, 1.165) is 0 Å². The molecule has 9 nitrogen and oxygen atoms in total. The van der Waals surface area contributed by atoms with Crippen LogP contribution in [0, 0.1) is 0 Å². The second-order valence-corrected chi connectivity index (χ2v) is 9.99. The maximum atomic E-state index is 12.6. The minimum atomic E-state index is -3.84. The van der Waals surface area contributed by atoms with Gasteiger partial charge in [0.15, 0.2) is 0 Å². The lowest BCUT2D eigenvalue weighted by Crippen LogP contribution is -2.26. The Morgan fingerprint density at radius 2 is 1.89 bits per heavy atom. The number of fused-ring (bicyclic) bond motifs is 1. The summed E-state index contributed by atoms with van der Waals surface area (Å²) >= 11 is 5.89. The third-order valence-electron chi connectivity index (χ3n) is 5.22. The van der Waals surface area contributed by atoms with Crippen molar-refractivity contribution in [2.75, 3.05) is 24.4 Å². The number of nitrogens with zero attached hydrogens (tertiary/aromatic N) is 1. The highest BCUT2D eigenvalue weighted by Gasteiger charge is 2.16. The zero-order valence-electron chi connectivity index (χ0n) is 19.2. The number of hydrogen-bond donors (Lipinski definition) is 4. The topological polar surface area (TPSA) is 126 Å². The standard InChI is InChI=1S/C24H23ClF2N4O5S/c25-16-4-2-6-19(12-16)37(33,34)31-17-5-1-3-15(11-17)22(32)14-28-9-10-35-18-7-8-20-21(13-18)29-30-23(20)36-24(26)27/h1-8,11-13,22,24,28,31-32H,9-10,14H2,(H,29,30)/t22-/m0/s1. The molecule has 0 saturated carbocycles. The number of aliphatic hydroxyl groups is 1. The molecule has 0 radical (unpaired) electrons. The van der Waals surface area contributed by atoms with Crippen LogP contribution in [-0.2, 0) is 10.0 Å². The van der Waals surface area contributed by atoms with Gasteiger partial charge in [-0.15, -0.1) is 5.10 Å². The number of hydrogen-bond acceptors (Lipinski definition) is 7. The molecule has 0 fully saturated rings. The Morgan fingerprint density at radius 1 is 1.08 bits per heavy atom. The molecule has 0 spiro atoms. The summed E-state index contributed by atoms with van der Waals surface area (Å²) in [6, 6.07) is 17.2. The monoisotopic (exact) mass is 552 g/mol. The second-order valence-electron chi connectivity index (χ2n) is 7.87. The van der Waals surface area contributed by atoms with E-state index in [4.69, 9.17) is 16.3 Å². The summed E-state index contributed by atoms with van der Waals surface area (Å²) in [5, 5.41) is 20.6. The molecule has 3 aromatic carbocycles. The van der Waals surface area contributed by atoms with E-state index in [2.05, 4.69) is 25.0 Å². The Hall–Kier alpha value is -3.45. The molecule has 4 rings (SSSR count). The summed E-state index contributed by atoms with van der Waals surface area (Å²) in [6.07, 6.45) is -0.898. The Kier molecular flexibility index (Phi) is 8.44. The van der Waals surface area contributed by atoms with Gasteiger partial charge in [0.2, 0.25) is 5.88 Å². The van der Waals surface area contributed by atoms with Crippen LogP contribution >= 0.6 is 11.6 Å². The first-order valence-corrected chi connectivity index (χ1v) is 12.9. The fraction of sp³-hybridized carbons (Fsp3) is 0.208. The minimum absolute atomic E-state index is 0.0289. The number of nitrogens with one attached hydrogen (secondary N) is 3. The summed E-state index contributed by atoms with van der Waals surface area (Å²) in [5.41, 5.74) is 1.31. The first-order valence-electron chi connectivity index (χ1n) is 11.0. The summed E-state index contributed by atoms with van der Waals surface area (Å²) in [6.45, 7) is -2.10. The van der Waals surface area contributed by atoms with Crippen molar-refractivity contribution in [3.8, 4) is 11.6 Å². The number of halogens is 3. The van der Waals surface area contributed by atoms with Crippen LogP contribution in [0.4, 0.5) is 14.5 Å². The maximum Gasteiger partial charge on any atom is 0.388 e. The lowest BCUT2D eigenvalue weighted by Gasteiger charge is -2.15. The highest BCUT2D eigenvalue weighted by atomic mass is 35.5. The normalized spacial score (nSPS) is 12.6. The number of aromatic nitrogens is 2. The molecule has 4 aromatic rings. The van der Waals surface area contributed by atoms with E-state index in [1.807, 2.05) is 0 Å². The molecule has 1 aromatic heterocycles. The summed E-state index contributed by atoms with van der Waals surface area (Å²) in [7, 11) is -3.84. The predicted octanol–water partition coefficient (Wildman–Crippen LogP) is 4.32. The number of benzene rings is 3. The van der Waals surface area contributed by atoms with Crippen LogP contribution in [0.25, 0.3) is 10.9 Å². The minimum Gasteiger partial charge on any atom is -0.492 e. The average Bonchev–Trinajstić information content (AvgIpc) is 3.25. The van der Waals surface area contributed by atoms with E-state index in [0.29, 0.717) is 39.5 Å². The molecule has 0 aliphatic heterocycles. The Morgan fingerprint density at radius 3 is 2.68 bits per heavy atom. The third-order valence-corrected chi connectivity index (χ3v) is 6.83. The van der Waals surface area contributed by atoms with Crippen LogP contribution in [0.1, 0.15) is 11.7 Å². The van der Waals surface area contributed by atoms with Crippen LogP contribution in [0.2, 0.25) is 5.02 Å². The zero-order valence-corrected chi connectivity index (χ0v) is 20.8. The van der Waals surface area contributed by atoms with E-state index in [1.54, 1.807) is 54.6 Å². The first-order chi connectivity index (χ1) is 17.7. The fourth-order valence-electron chi connectivity index (χ4n) is 3.49. The highest BCUT2D eigenvalue weighted by molar-refractivity contribution is 7.92. The summed E-state index contributed by atoms with van der Waals surface area (Å²) in [5.74, 6) is 0.315. The molecule has 4 N–H and O–H groups in total. The third kappa shape index (κ3) is 7.07. The predicted molar refractivity (Wildman–Crippen MR) is 135 cm³/mol. The van der Waals surface area contributed by atoms with Crippen LogP contribution in [-0.4, -0.2) is 50.0 Å². The van der Waals surface area contributed by atoms with Gasteiger partial charge >= 0.3 is 6.61 Å². The molecule has 0 bridgehead atoms. The molecule has 37 heavy (non-hydrogen) atoms. The van der Waals surface area contributed by atoms with E-state index in [-0.39, 0.29) is 23.9 Å². The number of aromatic amines is 1. The number of sulfonamides is 1. The van der Waals surface area contributed by atoms with Gasteiger partial charge in [0.1, 0.15) is 12.4 Å². The van der Waals surface area contributed by atoms with Crippen molar-refractivity contribution in [2.24, 2.45) is 0 Å². The Balaban J connectivity index is 1.26. The SMILES string of the molecule is O=S(=O)(Nc1cccc([C@@H](O)CNCCOc2ccc3c(OC(F)F)n[nH]c3c2)c1)c1cccc(Cl)c1. The Bertz CT molecular complexity index is 1470. The quantitative estimate of drug-likeness (QED) is 0.193. The molecule has 0 amide bonds. The fourth-order valence-corrected chi connectivity index (χ4v) is 4.84. The molecule has 0 aliphatic carbocycles. The average molecular weight is 553 g/mol. The van der Waals surface area contributed by atoms with Gasteiger partial charge in [-0.25, -0.2) is 8.42 Å². The summed E-state index contributed by atoms with van der Waals surface area (Å²) < 4.78 is 62.5. The number of H-pyrrole nitrogens is 1. The molecule has 13 heteroatoms. The largest absolute Gasteiger partial charge is 0.492 e. The molecule has 0 aliphatic rings. The van der Waals surface area contributed by atoms with Gasteiger partial charge in [-0.3, -0.25) is 9.82 Å². The van der Waals surface area contributed by atoms with Crippen molar-refractivity contribution < 1.29 is 31.8 Å². The number of rotatable bonds is 12. The molecule has 196 valence electrons. The van der Waals surface area contributed by atoms with E-state index >= 15 is 0 Å². The van der Waals surface area contributed by atoms with Gasteiger partial charge in [0.25, 0.3) is 10.0 Å². The first kappa shape index (κ1) is 26.6. The summed E-state index contributed by atoms with van der Waals surface area (Å²) in [4.78, 5) is 0.0289. The molecular weight excluding hydrogens is 530 g/mol. The van der Waals surface area contributed by atoms with Crippen molar-refractivity contribution in [3.63, 3.8) is 0 Å². The number of aliphatic hydroxyl groups excluding tert-OH is 1. The van der Waals surface area contributed by atoms with Crippen molar-refractivity contribution in [3.05, 3.63) is 77.3 Å². The van der Waals surface area contributed by atoms with Gasteiger partial charge in [0.05, 0.1) is 21.9 Å². The lowest BCUT2D eigenvalue weighted by atomic mass is 10.1. The molecule has 1 atom stereocenters. The van der Waals surface area contributed by atoms with Crippen molar-refractivity contribution in [1.82, 2.24) is 15.5 Å². The van der Waals surface area contributed by atoms with Crippen LogP contribution < -0.4 is 19.5 Å². The number of ether oxygens (including phenoxy) is 2. The zero-order chi connectivity index (χ0) is 26.4. The number of anilines is 1. The van der Waals surface area contributed by atoms with Gasteiger partial charge in [0, 0.05) is 29.9 Å². The van der Waals surface area contributed by atoms with Gasteiger partial charge in [-0.1, -0.05) is 29.8 Å². The van der Waals surface area contributed by atoms with Crippen LogP contribution in [0.15, 0.2) is 71.6 Å².